The predicted molar refractivity (Wildman–Crippen MR) is 75.1 cm³/mol. The van der Waals surface area contributed by atoms with E-state index in [1.165, 1.54) is 0 Å². The van der Waals surface area contributed by atoms with Gasteiger partial charge in [0.1, 0.15) is 25.1 Å². The highest BCUT2D eigenvalue weighted by Gasteiger charge is 2.11. The lowest BCUT2D eigenvalue weighted by atomic mass is 10.3. The molecule has 1 unspecified atom stereocenters. The molecule has 1 aromatic carbocycles. The van der Waals surface area contributed by atoms with Gasteiger partial charge in [-0.3, -0.25) is 0 Å². The monoisotopic (exact) mass is 314 g/mol. The van der Waals surface area contributed by atoms with Crippen molar-refractivity contribution in [3.05, 3.63) is 41.9 Å². The first-order valence-electron chi connectivity index (χ1n) is 6.02. The Morgan fingerprint density at radius 2 is 1.86 bits per heavy atom. The molecule has 0 radical (unpaired) electrons. The summed E-state index contributed by atoms with van der Waals surface area (Å²) in [6.07, 6.45) is -0.132. The maximum absolute atomic E-state index is 11.4. The van der Waals surface area contributed by atoms with Crippen molar-refractivity contribution in [1.82, 2.24) is 0 Å². The van der Waals surface area contributed by atoms with E-state index >= 15 is 0 Å². The number of hydrogen-bond acceptors (Lipinski definition) is 6. The van der Waals surface area contributed by atoms with Crippen molar-refractivity contribution in [2.45, 2.75) is 6.10 Å². The summed E-state index contributed by atoms with van der Waals surface area (Å²) in [5.74, 6) is -0.845. The van der Waals surface area contributed by atoms with E-state index < -0.39 is 18.0 Å². The van der Waals surface area contributed by atoms with Gasteiger partial charge in [0.2, 0.25) is 0 Å². The van der Waals surface area contributed by atoms with Crippen LogP contribution in [0.15, 0.2) is 36.9 Å². The average Bonchev–Trinajstić information content (AvgIpc) is 2.49. The Bertz CT molecular complexity index is 485. The summed E-state index contributed by atoms with van der Waals surface area (Å²) in [5, 5.41) is 9.97. The highest BCUT2D eigenvalue weighted by atomic mass is 35.5. The molecule has 21 heavy (non-hydrogen) atoms. The van der Waals surface area contributed by atoms with Crippen LogP contribution < -0.4 is 4.74 Å². The van der Waals surface area contributed by atoms with Gasteiger partial charge in [0.25, 0.3) is 0 Å². The van der Waals surface area contributed by atoms with Crippen molar-refractivity contribution < 1.29 is 28.9 Å². The molecular weight excluding hydrogens is 300 g/mol. The molecule has 1 atom stereocenters. The molecule has 0 aliphatic rings. The van der Waals surface area contributed by atoms with E-state index in [0.717, 1.165) is 6.08 Å². The van der Waals surface area contributed by atoms with E-state index in [0.29, 0.717) is 10.8 Å². The minimum absolute atomic E-state index is 0.282. The number of halogens is 1. The van der Waals surface area contributed by atoms with Crippen LogP contribution in [0.25, 0.3) is 0 Å². The molecule has 0 spiro atoms. The second-order valence-corrected chi connectivity index (χ2v) is 4.35. The van der Waals surface area contributed by atoms with Crippen LogP contribution in [0.3, 0.4) is 0 Å². The van der Waals surface area contributed by atoms with Gasteiger partial charge in [0.15, 0.2) is 6.61 Å². The number of ether oxygens (including phenoxy) is 3. The minimum Gasteiger partial charge on any atom is -0.482 e. The number of esters is 2. The van der Waals surface area contributed by atoms with Crippen molar-refractivity contribution in [1.29, 1.82) is 0 Å². The third kappa shape index (κ3) is 7.34. The van der Waals surface area contributed by atoms with E-state index in [2.05, 4.69) is 11.3 Å². The van der Waals surface area contributed by atoms with Gasteiger partial charge >= 0.3 is 11.9 Å². The fourth-order valence-corrected chi connectivity index (χ4v) is 1.32. The first-order chi connectivity index (χ1) is 10.0. The molecule has 7 heteroatoms. The highest BCUT2D eigenvalue weighted by molar-refractivity contribution is 6.30. The first-order valence-corrected chi connectivity index (χ1v) is 6.40. The van der Waals surface area contributed by atoms with E-state index in [1.54, 1.807) is 24.3 Å². The number of aliphatic hydroxyl groups excluding tert-OH is 1. The number of rotatable bonds is 8. The summed E-state index contributed by atoms with van der Waals surface area (Å²) < 4.78 is 14.5. The molecular formula is C14H15ClO6. The van der Waals surface area contributed by atoms with Gasteiger partial charge in [-0.2, -0.15) is 0 Å². The van der Waals surface area contributed by atoms with Crippen LogP contribution in [-0.2, 0) is 19.1 Å². The van der Waals surface area contributed by atoms with Crippen LogP contribution >= 0.6 is 11.6 Å². The molecule has 0 heterocycles. The third-order valence-corrected chi connectivity index (χ3v) is 2.44. The van der Waals surface area contributed by atoms with Crippen LogP contribution in [0.2, 0.25) is 5.02 Å². The van der Waals surface area contributed by atoms with Crippen molar-refractivity contribution in [2.75, 3.05) is 19.8 Å². The van der Waals surface area contributed by atoms with Gasteiger partial charge < -0.3 is 19.3 Å². The van der Waals surface area contributed by atoms with E-state index in [4.69, 9.17) is 21.1 Å². The maximum atomic E-state index is 11.4. The Morgan fingerprint density at radius 1 is 1.24 bits per heavy atom. The van der Waals surface area contributed by atoms with Gasteiger partial charge in [-0.05, 0) is 24.3 Å². The van der Waals surface area contributed by atoms with Gasteiger partial charge in [-0.25, -0.2) is 9.59 Å². The van der Waals surface area contributed by atoms with Crippen LogP contribution in [-0.4, -0.2) is 43.0 Å². The zero-order valence-electron chi connectivity index (χ0n) is 11.2. The van der Waals surface area contributed by atoms with Crippen LogP contribution in [0.4, 0.5) is 0 Å². The first kappa shape index (κ1) is 17.0. The van der Waals surface area contributed by atoms with E-state index in [-0.39, 0.29) is 19.8 Å². The van der Waals surface area contributed by atoms with Crippen LogP contribution in [0.5, 0.6) is 5.75 Å². The predicted octanol–water partition coefficient (Wildman–Crippen LogP) is 1.35. The standard InChI is InChI=1S/C14H15ClO6/c1-2-13(17)20-7-11(16)8-21-14(18)9-19-12-5-3-10(15)4-6-12/h2-6,11,16H,1,7-9H2. The molecule has 0 amide bonds. The fraction of sp³-hybridized carbons (Fsp3) is 0.286. The minimum atomic E-state index is -1.10. The zero-order valence-corrected chi connectivity index (χ0v) is 11.9. The second kappa shape index (κ2) is 8.99. The molecule has 114 valence electrons. The molecule has 0 fully saturated rings. The Balaban J connectivity index is 2.20. The summed E-state index contributed by atoms with van der Waals surface area (Å²) in [6.45, 7) is 2.32. The molecule has 0 saturated heterocycles. The van der Waals surface area contributed by atoms with E-state index in [9.17, 15) is 14.7 Å². The Labute approximate surface area is 126 Å². The quantitative estimate of drug-likeness (QED) is 0.576. The third-order valence-electron chi connectivity index (χ3n) is 2.19. The smallest absolute Gasteiger partial charge is 0.344 e. The number of carbonyl (C=O) groups excluding carboxylic acids is 2. The summed E-state index contributed by atoms with van der Waals surface area (Å²) in [4.78, 5) is 22.1. The molecule has 0 aliphatic heterocycles. The number of carbonyl (C=O) groups is 2. The van der Waals surface area contributed by atoms with Crippen molar-refractivity contribution in [3.63, 3.8) is 0 Å². The average molecular weight is 315 g/mol. The number of benzene rings is 1. The molecule has 1 N–H and O–H groups in total. The van der Waals surface area contributed by atoms with Gasteiger partial charge in [-0.15, -0.1) is 0 Å². The highest BCUT2D eigenvalue weighted by Crippen LogP contribution is 2.15. The van der Waals surface area contributed by atoms with Crippen molar-refractivity contribution in [2.24, 2.45) is 0 Å². The summed E-state index contributed by atoms with van der Waals surface area (Å²) in [5.41, 5.74) is 0. The Kier molecular flexibility index (Phi) is 7.28. The molecule has 0 saturated carbocycles. The van der Waals surface area contributed by atoms with Crippen LogP contribution in [0.1, 0.15) is 0 Å². The Hall–Kier alpha value is -2.05. The lowest BCUT2D eigenvalue weighted by molar-refractivity contribution is -0.151. The van der Waals surface area contributed by atoms with Gasteiger partial charge in [0, 0.05) is 11.1 Å². The van der Waals surface area contributed by atoms with Crippen molar-refractivity contribution in [3.8, 4) is 5.75 Å². The number of hydrogen-bond donors (Lipinski definition) is 1. The molecule has 1 rings (SSSR count). The normalized spacial score (nSPS) is 11.3. The second-order valence-electron chi connectivity index (χ2n) is 3.91. The lowest BCUT2D eigenvalue weighted by Crippen LogP contribution is -2.26. The van der Waals surface area contributed by atoms with Gasteiger partial charge in [-0.1, -0.05) is 18.2 Å². The van der Waals surface area contributed by atoms with Crippen molar-refractivity contribution >= 4 is 23.5 Å². The lowest BCUT2D eigenvalue weighted by Gasteiger charge is -2.11. The summed E-state index contributed by atoms with van der Waals surface area (Å²) in [7, 11) is 0. The maximum Gasteiger partial charge on any atom is 0.344 e. The summed E-state index contributed by atoms with van der Waals surface area (Å²) >= 11 is 5.70. The molecule has 6 nitrogen and oxygen atoms in total. The van der Waals surface area contributed by atoms with E-state index in [1.807, 2.05) is 0 Å². The summed E-state index contributed by atoms with van der Waals surface area (Å²) in [6, 6.07) is 6.47. The zero-order chi connectivity index (χ0) is 15.7. The molecule has 0 aliphatic carbocycles. The number of aliphatic hydroxyl groups is 1. The fourth-order valence-electron chi connectivity index (χ4n) is 1.19. The topological polar surface area (TPSA) is 82.1 Å². The molecule has 0 bridgehead atoms. The van der Waals surface area contributed by atoms with Gasteiger partial charge in [0.05, 0.1) is 0 Å². The Morgan fingerprint density at radius 3 is 2.48 bits per heavy atom. The molecule has 1 aromatic rings. The van der Waals surface area contributed by atoms with Crippen LogP contribution in [0, 0.1) is 0 Å². The largest absolute Gasteiger partial charge is 0.482 e. The molecule has 0 aromatic heterocycles. The SMILES string of the molecule is C=CC(=O)OCC(O)COC(=O)COc1ccc(Cl)cc1.